The molecular weight excluding hydrogens is 244 g/mol. The van der Waals surface area contributed by atoms with Gasteiger partial charge in [0, 0.05) is 19.2 Å². The highest BCUT2D eigenvalue weighted by Gasteiger charge is 2.49. The van der Waals surface area contributed by atoms with Gasteiger partial charge in [-0.15, -0.1) is 0 Å². The van der Waals surface area contributed by atoms with Gasteiger partial charge in [-0.05, 0) is 46.5 Å². The molecule has 19 heavy (non-hydrogen) atoms. The van der Waals surface area contributed by atoms with Crippen LogP contribution < -0.4 is 5.73 Å². The lowest BCUT2D eigenvalue weighted by Crippen LogP contribution is -2.68. The van der Waals surface area contributed by atoms with Crippen molar-refractivity contribution in [2.24, 2.45) is 5.73 Å². The van der Waals surface area contributed by atoms with Crippen molar-refractivity contribution in [3.05, 3.63) is 0 Å². The molecule has 2 N–H and O–H groups in total. The monoisotopic (exact) mass is 270 g/mol. The number of piperidine rings is 1. The minimum absolute atomic E-state index is 0.0194. The van der Waals surface area contributed by atoms with Gasteiger partial charge in [-0.25, -0.2) is 4.79 Å². The highest BCUT2D eigenvalue weighted by atomic mass is 16.6. The Labute approximate surface area is 115 Å². The van der Waals surface area contributed by atoms with Crippen LogP contribution in [0.1, 0.15) is 46.5 Å². The van der Waals surface area contributed by atoms with Crippen molar-refractivity contribution in [1.29, 1.82) is 0 Å². The van der Waals surface area contributed by atoms with Crippen molar-refractivity contribution in [3.8, 4) is 0 Å². The van der Waals surface area contributed by atoms with E-state index in [0.717, 1.165) is 25.7 Å². The van der Waals surface area contributed by atoms with Crippen LogP contribution in [0.2, 0.25) is 0 Å². The van der Waals surface area contributed by atoms with E-state index >= 15 is 0 Å². The summed E-state index contributed by atoms with van der Waals surface area (Å²) in [5, 5.41) is 0. The zero-order valence-electron chi connectivity index (χ0n) is 12.3. The molecule has 5 nitrogen and oxygen atoms in total. The third kappa shape index (κ3) is 3.03. The van der Waals surface area contributed by atoms with E-state index in [2.05, 4.69) is 0 Å². The van der Waals surface area contributed by atoms with E-state index in [1.54, 1.807) is 0 Å². The van der Waals surface area contributed by atoms with Gasteiger partial charge < -0.3 is 15.2 Å². The standard InChI is InChI=1S/C14H26N2O3/c1-13(2,3)19-12(17)16-8-5-4-7-14(16)10-18-9-6-11(14)15/h11H,4-10,15H2,1-3H3. The van der Waals surface area contributed by atoms with Crippen LogP contribution in [-0.4, -0.2) is 47.9 Å². The zero-order valence-corrected chi connectivity index (χ0v) is 12.3. The minimum Gasteiger partial charge on any atom is -0.444 e. The van der Waals surface area contributed by atoms with Gasteiger partial charge >= 0.3 is 6.09 Å². The van der Waals surface area contributed by atoms with E-state index < -0.39 is 5.60 Å². The molecule has 0 aliphatic carbocycles. The maximum absolute atomic E-state index is 12.4. The fourth-order valence-corrected chi connectivity index (χ4v) is 3.02. The number of carbonyl (C=O) groups excluding carboxylic acids is 1. The van der Waals surface area contributed by atoms with Crippen LogP contribution >= 0.6 is 0 Å². The molecule has 2 rings (SSSR count). The SMILES string of the molecule is CC(C)(C)OC(=O)N1CCCCC12COCCC2N. The number of nitrogens with zero attached hydrogens (tertiary/aromatic N) is 1. The highest BCUT2D eigenvalue weighted by molar-refractivity contribution is 5.69. The predicted molar refractivity (Wildman–Crippen MR) is 72.9 cm³/mol. The van der Waals surface area contributed by atoms with Gasteiger partial charge in [0.05, 0.1) is 12.1 Å². The van der Waals surface area contributed by atoms with Crippen LogP contribution in [0.5, 0.6) is 0 Å². The summed E-state index contributed by atoms with van der Waals surface area (Å²) in [6, 6.07) is -0.0194. The third-order valence-electron chi connectivity index (χ3n) is 4.01. The van der Waals surface area contributed by atoms with E-state index in [0.29, 0.717) is 19.8 Å². The summed E-state index contributed by atoms with van der Waals surface area (Å²) in [5.74, 6) is 0. The van der Waals surface area contributed by atoms with Crippen LogP contribution in [0.15, 0.2) is 0 Å². The number of likely N-dealkylation sites (tertiary alicyclic amines) is 1. The molecule has 2 saturated heterocycles. The first-order chi connectivity index (χ1) is 8.85. The topological polar surface area (TPSA) is 64.8 Å². The summed E-state index contributed by atoms with van der Waals surface area (Å²) in [6.07, 6.45) is 3.56. The minimum atomic E-state index is -0.477. The summed E-state index contributed by atoms with van der Waals surface area (Å²) in [5.41, 5.74) is 5.47. The van der Waals surface area contributed by atoms with E-state index in [-0.39, 0.29) is 17.7 Å². The first-order valence-corrected chi connectivity index (χ1v) is 7.19. The second kappa shape index (κ2) is 5.29. The van der Waals surface area contributed by atoms with Gasteiger partial charge in [0.15, 0.2) is 0 Å². The normalized spacial score (nSPS) is 32.4. The molecule has 0 radical (unpaired) electrons. The lowest BCUT2D eigenvalue weighted by molar-refractivity contribution is -0.0843. The van der Waals surface area contributed by atoms with Crippen LogP contribution in [0, 0.1) is 0 Å². The van der Waals surface area contributed by atoms with Crippen molar-refractivity contribution < 1.29 is 14.3 Å². The van der Waals surface area contributed by atoms with Crippen LogP contribution in [0.25, 0.3) is 0 Å². The molecule has 2 fully saturated rings. The van der Waals surface area contributed by atoms with Gasteiger partial charge in [-0.3, -0.25) is 4.90 Å². The molecule has 110 valence electrons. The molecule has 2 aliphatic heterocycles. The van der Waals surface area contributed by atoms with E-state index in [1.165, 1.54) is 0 Å². The molecule has 2 heterocycles. The number of rotatable bonds is 0. The maximum atomic E-state index is 12.4. The summed E-state index contributed by atoms with van der Waals surface area (Å²) >= 11 is 0. The molecule has 1 amide bonds. The van der Waals surface area contributed by atoms with Gasteiger partial charge in [0.1, 0.15) is 5.60 Å². The molecule has 0 bridgehead atoms. The summed E-state index contributed by atoms with van der Waals surface area (Å²) < 4.78 is 11.1. The Morgan fingerprint density at radius 3 is 2.79 bits per heavy atom. The molecule has 2 unspecified atom stereocenters. The van der Waals surface area contributed by atoms with Crippen molar-refractivity contribution in [3.63, 3.8) is 0 Å². The van der Waals surface area contributed by atoms with Crippen LogP contribution in [-0.2, 0) is 9.47 Å². The van der Waals surface area contributed by atoms with E-state index in [1.807, 2.05) is 25.7 Å². The third-order valence-corrected chi connectivity index (χ3v) is 4.01. The fraction of sp³-hybridized carbons (Fsp3) is 0.929. The number of nitrogens with two attached hydrogens (primary N) is 1. The summed E-state index contributed by atoms with van der Waals surface area (Å²) in [4.78, 5) is 14.3. The summed E-state index contributed by atoms with van der Waals surface area (Å²) in [7, 11) is 0. The molecule has 2 atom stereocenters. The van der Waals surface area contributed by atoms with Crippen molar-refractivity contribution in [2.75, 3.05) is 19.8 Å². The average molecular weight is 270 g/mol. The highest BCUT2D eigenvalue weighted by Crippen LogP contribution is 2.35. The number of amides is 1. The quantitative estimate of drug-likeness (QED) is 0.730. The smallest absolute Gasteiger partial charge is 0.410 e. The summed E-state index contributed by atoms with van der Waals surface area (Å²) in [6.45, 7) is 7.60. The van der Waals surface area contributed by atoms with Gasteiger partial charge in [0.2, 0.25) is 0 Å². The lowest BCUT2D eigenvalue weighted by atomic mass is 9.79. The Bertz CT molecular complexity index is 334. The number of carbonyl (C=O) groups is 1. The van der Waals surface area contributed by atoms with Gasteiger partial charge in [0.25, 0.3) is 0 Å². The molecular formula is C14H26N2O3. The molecule has 2 aliphatic rings. The molecule has 0 aromatic rings. The van der Waals surface area contributed by atoms with E-state index in [4.69, 9.17) is 15.2 Å². The second-order valence-corrected chi connectivity index (χ2v) is 6.64. The van der Waals surface area contributed by atoms with Crippen LogP contribution in [0.4, 0.5) is 4.79 Å². The Kier molecular flexibility index (Phi) is 4.06. The second-order valence-electron chi connectivity index (χ2n) is 6.64. The van der Waals surface area contributed by atoms with Gasteiger partial charge in [-0.2, -0.15) is 0 Å². The average Bonchev–Trinajstić information content (AvgIpc) is 2.31. The first-order valence-electron chi connectivity index (χ1n) is 7.19. The molecule has 5 heteroatoms. The van der Waals surface area contributed by atoms with E-state index in [9.17, 15) is 4.79 Å². The van der Waals surface area contributed by atoms with Crippen LogP contribution in [0.3, 0.4) is 0 Å². The number of ether oxygens (including phenoxy) is 2. The molecule has 0 aromatic carbocycles. The zero-order chi connectivity index (χ0) is 14.1. The maximum Gasteiger partial charge on any atom is 0.410 e. The predicted octanol–water partition coefficient (Wildman–Crippen LogP) is 1.89. The number of hydrogen-bond acceptors (Lipinski definition) is 4. The lowest BCUT2D eigenvalue weighted by Gasteiger charge is -2.52. The van der Waals surface area contributed by atoms with Crippen molar-refractivity contribution in [2.45, 2.75) is 63.6 Å². The molecule has 1 spiro atoms. The molecule has 0 saturated carbocycles. The largest absolute Gasteiger partial charge is 0.444 e. The van der Waals surface area contributed by atoms with Crippen molar-refractivity contribution >= 4 is 6.09 Å². The Morgan fingerprint density at radius 2 is 2.16 bits per heavy atom. The first kappa shape index (κ1) is 14.6. The Morgan fingerprint density at radius 1 is 1.42 bits per heavy atom. The Balaban J connectivity index is 2.17. The van der Waals surface area contributed by atoms with Crippen molar-refractivity contribution in [1.82, 2.24) is 4.90 Å². The van der Waals surface area contributed by atoms with Gasteiger partial charge in [-0.1, -0.05) is 0 Å². The number of hydrogen-bond donors (Lipinski definition) is 1. The fourth-order valence-electron chi connectivity index (χ4n) is 3.02. The Hall–Kier alpha value is -0.810. The molecule has 0 aromatic heterocycles.